The second kappa shape index (κ2) is 7.57. The Balaban J connectivity index is 2.01. The molecule has 0 bridgehead atoms. The summed E-state index contributed by atoms with van der Waals surface area (Å²) in [4.78, 5) is 11.1. The van der Waals surface area contributed by atoms with E-state index in [0.29, 0.717) is 12.1 Å². The topological polar surface area (TPSA) is 50.4 Å². The Hall–Kier alpha value is -1.39. The van der Waals surface area contributed by atoms with E-state index in [1.165, 1.54) is 12.5 Å². The lowest BCUT2D eigenvalue weighted by Gasteiger charge is -2.27. The summed E-state index contributed by atoms with van der Waals surface area (Å²) >= 11 is 0. The second-order valence-corrected chi connectivity index (χ2v) is 5.76. The van der Waals surface area contributed by atoms with Crippen LogP contribution in [0.4, 0.5) is 5.69 Å². The molecule has 21 heavy (non-hydrogen) atoms. The van der Waals surface area contributed by atoms with Gasteiger partial charge in [-0.1, -0.05) is 19.1 Å². The number of carbonyl (C=O) groups excluding carboxylic acids is 1. The van der Waals surface area contributed by atoms with Crippen molar-refractivity contribution in [3.05, 3.63) is 29.8 Å². The number of hydrogen-bond donors (Lipinski definition) is 2. The molecule has 1 aromatic carbocycles. The van der Waals surface area contributed by atoms with Gasteiger partial charge in [0, 0.05) is 31.3 Å². The van der Waals surface area contributed by atoms with Crippen LogP contribution in [0.25, 0.3) is 0 Å². The Morgan fingerprint density at radius 2 is 2.29 bits per heavy atom. The molecule has 0 saturated carbocycles. The first kappa shape index (κ1) is 16.0. The molecule has 2 N–H and O–H groups in total. The van der Waals surface area contributed by atoms with E-state index in [2.05, 4.69) is 30.5 Å². The highest BCUT2D eigenvalue weighted by Crippen LogP contribution is 2.22. The Labute approximate surface area is 127 Å². The highest BCUT2D eigenvalue weighted by molar-refractivity contribution is 5.88. The number of carbonyl (C=O) groups is 1. The van der Waals surface area contributed by atoms with E-state index in [4.69, 9.17) is 4.74 Å². The van der Waals surface area contributed by atoms with Crippen LogP contribution in [0.3, 0.4) is 0 Å². The molecule has 4 heteroatoms. The lowest BCUT2D eigenvalue weighted by Crippen LogP contribution is -2.40. The average Bonchev–Trinajstić information content (AvgIpc) is 2.98. The minimum atomic E-state index is -0.0430. The summed E-state index contributed by atoms with van der Waals surface area (Å²) in [5, 5.41) is 6.50. The van der Waals surface area contributed by atoms with Gasteiger partial charge in [-0.15, -0.1) is 0 Å². The van der Waals surface area contributed by atoms with Crippen molar-refractivity contribution >= 4 is 11.6 Å². The van der Waals surface area contributed by atoms with Crippen LogP contribution in [-0.2, 0) is 9.53 Å². The summed E-state index contributed by atoms with van der Waals surface area (Å²) in [6.07, 6.45) is 3.69. The SMILES string of the molecule is CC[C@H](N[C@H](C)c1cccc(NC(C)=O)c1)[C@H]1CCCO1. The maximum atomic E-state index is 11.1. The smallest absolute Gasteiger partial charge is 0.221 e. The molecule has 1 amide bonds. The van der Waals surface area contributed by atoms with Crippen LogP contribution in [0.5, 0.6) is 0 Å². The van der Waals surface area contributed by atoms with Crippen molar-refractivity contribution in [2.75, 3.05) is 11.9 Å². The number of rotatable bonds is 6. The standard InChI is InChI=1S/C17H26N2O2/c1-4-16(17-9-6-10-21-17)18-12(2)14-7-5-8-15(11-14)19-13(3)20/h5,7-8,11-12,16-18H,4,6,9-10H2,1-3H3,(H,19,20)/t12-,16+,17-/m1/s1. The van der Waals surface area contributed by atoms with E-state index in [0.717, 1.165) is 31.6 Å². The van der Waals surface area contributed by atoms with Crippen molar-refractivity contribution in [3.63, 3.8) is 0 Å². The van der Waals surface area contributed by atoms with Crippen LogP contribution in [0.2, 0.25) is 0 Å². The number of hydrogen-bond acceptors (Lipinski definition) is 3. The van der Waals surface area contributed by atoms with Gasteiger partial charge in [-0.2, -0.15) is 0 Å². The Bertz CT molecular complexity index is 470. The van der Waals surface area contributed by atoms with Gasteiger partial charge >= 0.3 is 0 Å². The summed E-state index contributed by atoms with van der Waals surface area (Å²) in [6, 6.07) is 8.62. The van der Waals surface area contributed by atoms with Crippen molar-refractivity contribution in [2.45, 2.75) is 58.2 Å². The third kappa shape index (κ3) is 4.55. The van der Waals surface area contributed by atoms with Gasteiger partial charge in [0.15, 0.2) is 0 Å². The van der Waals surface area contributed by atoms with Crippen LogP contribution in [0.1, 0.15) is 51.6 Å². The van der Waals surface area contributed by atoms with Crippen LogP contribution >= 0.6 is 0 Å². The minimum absolute atomic E-state index is 0.0430. The molecule has 3 atom stereocenters. The van der Waals surface area contributed by atoms with Crippen molar-refractivity contribution in [1.29, 1.82) is 0 Å². The average molecular weight is 290 g/mol. The van der Waals surface area contributed by atoms with Crippen molar-refractivity contribution in [3.8, 4) is 0 Å². The van der Waals surface area contributed by atoms with Gasteiger partial charge in [-0.05, 0) is 43.9 Å². The zero-order chi connectivity index (χ0) is 15.2. The fourth-order valence-corrected chi connectivity index (χ4v) is 2.91. The summed E-state index contributed by atoms with van der Waals surface area (Å²) in [5.74, 6) is -0.0430. The molecular formula is C17H26N2O2. The van der Waals surface area contributed by atoms with Crippen LogP contribution in [-0.4, -0.2) is 24.7 Å². The molecule has 1 aromatic rings. The normalized spacial score (nSPS) is 21.0. The Kier molecular flexibility index (Phi) is 5.76. The molecule has 4 nitrogen and oxygen atoms in total. The molecule has 1 aliphatic heterocycles. The van der Waals surface area contributed by atoms with Gasteiger partial charge in [0.2, 0.25) is 5.91 Å². The van der Waals surface area contributed by atoms with E-state index in [1.807, 2.05) is 18.2 Å². The number of anilines is 1. The molecule has 0 aromatic heterocycles. The predicted octanol–water partition coefficient (Wildman–Crippen LogP) is 3.25. The van der Waals surface area contributed by atoms with Crippen LogP contribution in [0, 0.1) is 0 Å². The van der Waals surface area contributed by atoms with Gasteiger partial charge in [0.1, 0.15) is 0 Å². The molecule has 0 radical (unpaired) electrons. The van der Waals surface area contributed by atoms with Gasteiger partial charge in [-0.25, -0.2) is 0 Å². The summed E-state index contributed by atoms with van der Waals surface area (Å²) < 4.78 is 5.80. The highest BCUT2D eigenvalue weighted by atomic mass is 16.5. The number of benzene rings is 1. The number of amides is 1. The number of nitrogens with one attached hydrogen (secondary N) is 2. The van der Waals surface area contributed by atoms with Gasteiger partial charge in [0.05, 0.1) is 6.10 Å². The van der Waals surface area contributed by atoms with Crippen molar-refractivity contribution in [1.82, 2.24) is 5.32 Å². The molecule has 1 fully saturated rings. The molecule has 0 spiro atoms. The third-order valence-corrected chi connectivity index (χ3v) is 4.02. The lowest BCUT2D eigenvalue weighted by atomic mass is 10.0. The molecule has 1 saturated heterocycles. The third-order valence-electron chi connectivity index (χ3n) is 4.02. The van der Waals surface area contributed by atoms with Gasteiger partial charge in [-0.3, -0.25) is 4.79 Å². The van der Waals surface area contributed by atoms with E-state index < -0.39 is 0 Å². The lowest BCUT2D eigenvalue weighted by molar-refractivity contribution is -0.114. The first-order valence-corrected chi connectivity index (χ1v) is 7.85. The fourth-order valence-electron chi connectivity index (χ4n) is 2.91. The molecule has 0 unspecified atom stereocenters. The summed E-state index contributed by atoms with van der Waals surface area (Å²) in [6.45, 7) is 6.76. The largest absolute Gasteiger partial charge is 0.377 e. The zero-order valence-electron chi connectivity index (χ0n) is 13.2. The van der Waals surface area contributed by atoms with E-state index in [9.17, 15) is 4.79 Å². The van der Waals surface area contributed by atoms with Crippen molar-refractivity contribution < 1.29 is 9.53 Å². The summed E-state index contributed by atoms with van der Waals surface area (Å²) in [5.41, 5.74) is 2.02. The Morgan fingerprint density at radius 1 is 1.48 bits per heavy atom. The molecule has 1 heterocycles. The minimum Gasteiger partial charge on any atom is -0.377 e. The second-order valence-electron chi connectivity index (χ2n) is 5.76. The monoisotopic (exact) mass is 290 g/mol. The van der Waals surface area contributed by atoms with E-state index in [-0.39, 0.29) is 11.9 Å². The molecule has 0 aliphatic carbocycles. The van der Waals surface area contributed by atoms with E-state index in [1.54, 1.807) is 0 Å². The van der Waals surface area contributed by atoms with Gasteiger partial charge < -0.3 is 15.4 Å². The van der Waals surface area contributed by atoms with Gasteiger partial charge in [0.25, 0.3) is 0 Å². The quantitative estimate of drug-likeness (QED) is 0.845. The maximum Gasteiger partial charge on any atom is 0.221 e. The van der Waals surface area contributed by atoms with Crippen molar-refractivity contribution in [2.24, 2.45) is 0 Å². The first-order chi connectivity index (χ1) is 10.1. The molecule has 116 valence electrons. The molecule has 1 aliphatic rings. The summed E-state index contributed by atoms with van der Waals surface area (Å²) in [7, 11) is 0. The fraction of sp³-hybridized carbons (Fsp3) is 0.588. The molecular weight excluding hydrogens is 264 g/mol. The molecule has 2 rings (SSSR count). The van der Waals surface area contributed by atoms with Crippen LogP contribution < -0.4 is 10.6 Å². The Morgan fingerprint density at radius 3 is 2.90 bits per heavy atom. The first-order valence-electron chi connectivity index (χ1n) is 7.85. The maximum absolute atomic E-state index is 11.1. The highest BCUT2D eigenvalue weighted by Gasteiger charge is 2.25. The number of ether oxygens (including phenoxy) is 1. The van der Waals surface area contributed by atoms with Crippen LogP contribution in [0.15, 0.2) is 24.3 Å². The predicted molar refractivity (Wildman–Crippen MR) is 85.3 cm³/mol. The van der Waals surface area contributed by atoms with E-state index >= 15 is 0 Å². The zero-order valence-corrected chi connectivity index (χ0v) is 13.2.